The molecular formula is C129H106Ir4N8O4-8. The maximum Gasteiger partial charge on any atom is 0.121 e. The molecule has 24 aromatic rings. The molecule has 0 spiro atoms. The molecule has 0 fully saturated rings. The van der Waals surface area contributed by atoms with E-state index in [1.54, 1.807) is 18.6 Å². The van der Waals surface area contributed by atoms with Crippen LogP contribution in [0.5, 0.6) is 0 Å². The van der Waals surface area contributed by atoms with Crippen molar-refractivity contribution < 1.29 is 98.1 Å². The van der Waals surface area contributed by atoms with Crippen LogP contribution < -0.4 is 0 Å². The minimum absolute atomic E-state index is 0. The first-order chi connectivity index (χ1) is 68.8. The SMILES string of the molecule is CC(C)c1cc[c-]c(-c2ccccn2)c1.CC(C)c1cc[c-]c(-c2ccccn2)c1.CC(C)c1cc[c-]c(-c2ccccn2)c1.CC(C)c1cc[c-]c(-c2ccccn2)c1.Cc1[c-]c(-c2ccccn2)c2oc3ccccc3c2c1.Cc1c[c-]c(-c2ccccn2)c2oc3ccccc3c12.Cc1cccc2oc3c(-c4ccccn4)[c-]ccc3c12.Cc1ccnc(-c2[c-]ccc3c2oc2cc(C)ccc23)c1.[Ir].[Ir].[Ir].[Ir]. The number of furan rings is 4. The number of benzene rings is 12. The summed E-state index contributed by atoms with van der Waals surface area (Å²) >= 11 is 0. The minimum atomic E-state index is 0. The van der Waals surface area contributed by atoms with E-state index in [1.165, 1.54) is 49.9 Å². The van der Waals surface area contributed by atoms with Gasteiger partial charge in [0.15, 0.2) is 0 Å². The van der Waals surface area contributed by atoms with Crippen LogP contribution in [0.15, 0.2) is 401 Å². The van der Waals surface area contributed by atoms with E-state index in [0.717, 1.165) is 178 Å². The van der Waals surface area contributed by atoms with Crippen LogP contribution in [-0.2, 0) is 80.4 Å². The molecule has 0 bridgehead atoms. The summed E-state index contributed by atoms with van der Waals surface area (Å²) in [4.78, 5) is 35.0. The minimum Gasteiger partial charge on any atom is -0.501 e. The van der Waals surface area contributed by atoms with Gasteiger partial charge >= 0.3 is 0 Å². The quantitative estimate of drug-likeness (QED) is 0.107. The second-order valence-corrected chi connectivity index (χ2v) is 35.6. The van der Waals surface area contributed by atoms with Crippen LogP contribution in [0.2, 0.25) is 0 Å². The fourth-order valence-corrected chi connectivity index (χ4v) is 16.7. The second-order valence-electron chi connectivity index (χ2n) is 35.6. The van der Waals surface area contributed by atoms with Crippen LogP contribution in [0, 0.1) is 83.1 Å². The van der Waals surface area contributed by atoms with Gasteiger partial charge in [-0.05, 0) is 174 Å². The number of para-hydroxylation sites is 2. The summed E-state index contributed by atoms with van der Waals surface area (Å²) in [6.07, 6.45) is 14.4. The Labute approximate surface area is 903 Å². The molecule has 0 saturated carbocycles. The number of aryl methyl sites for hydroxylation is 5. The van der Waals surface area contributed by atoms with Gasteiger partial charge in [0.2, 0.25) is 0 Å². The van der Waals surface area contributed by atoms with Crippen LogP contribution in [-0.4, -0.2) is 39.9 Å². The summed E-state index contributed by atoms with van der Waals surface area (Å²) in [5, 5.41) is 9.10. The predicted octanol–water partition coefficient (Wildman–Crippen LogP) is 34.0. The van der Waals surface area contributed by atoms with E-state index < -0.39 is 0 Å². The molecule has 0 saturated heterocycles. The number of fused-ring (bicyclic) bond motifs is 12. The summed E-state index contributed by atoms with van der Waals surface area (Å²) < 4.78 is 24.2. The van der Waals surface area contributed by atoms with Crippen LogP contribution in [0.1, 0.15) is 129 Å². The number of nitrogens with zero attached hydrogens (tertiary/aromatic N) is 8. The van der Waals surface area contributed by atoms with Crippen molar-refractivity contribution in [1.82, 2.24) is 39.9 Å². The van der Waals surface area contributed by atoms with E-state index in [-0.39, 0.29) is 80.4 Å². The Bertz CT molecular complexity index is 7960. The molecule has 24 rings (SSSR count). The first-order valence-corrected chi connectivity index (χ1v) is 47.5. The average molecular weight is 2600 g/mol. The normalized spacial score (nSPS) is 10.7. The Morgan fingerprint density at radius 3 is 1.01 bits per heavy atom. The van der Waals surface area contributed by atoms with Crippen LogP contribution in [0.25, 0.3) is 178 Å². The molecule has 4 radical (unpaired) electrons. The van der Waals surface area contributed by atoms with Crippen molar-refractivity contribution in [3.05, 3.63) is 482 Å². The van der Waals surface area contributed by atoms with E-state index >= 15 is 0 Å². The molecule has 16 heteroatoms. The van der Waals surface area contributed by atoms with Crippen LogP contribution in [0.3, 0.4) is 0 Å². The van der Waals surface area contributed by atoms with Gasteiger partial charge < -0.3 is 57.5 Å². The van der Waals surface area contributed by atoms with Gasteiger partial charge in [0, 0.05) is 152 Å². The summed E-state index contributed by atoms with van der Waals surface area (Å²) in [6, 6.07) is 137. The van der Waals surface area contributed by atoms with Gasteiger partial charge in [-0.1, -0.05) is 270 Å². The third-order valence-electron chi connectivity index (χ3n) is 24.1. The third kappa shape index (κ3) is 26.6. The molecule has 730 valence electrons. The van der Waals surface area contributed by atoms with Crippen molar-refractivity contribution in [2.75, 3.05) is 0 Å². The summed E-state index contributed by atoms with van der Waals surface area (Å²) in [7, 11) is 0. The monoisotopic (exact) mass is 2600 g/mol. The molecule has 12 nitrogen and oxygen atoms in total. The fraction of sp³-hybridized carbons (Fsp3) is 0.132. The van der Waals surface area contributed by atoms with Gasteiger partial charge in [0.25, 0.3) is 0 Å². The van der Waals surface area contributed by atoms with E-state index in [1.807, 2.05) is 262 Å². The van der Waals surface area contributed by atoms with Crippen LogP contribution in [0.4, 0.5) is 0 Å². The molecule has 0 aliphatic carbocycles. The Kier molecular flexibility index (Phi) is 38.5. The van der Waals surface area contributed by atoms with E-state index in [2.05, 4.69) is 281 Å². The predicted molar refractivity (Wildman–Crippen MR) is 577 cm³/mol. The largest absolute Gasteiger partial charge is 0.501 e. The molecule has 12 aromatic carbocycles. The molecule has 0 aliphatic rings. The zero-order valence-corrected chi connectivity index (χ0v) is 92.3. The first kappa shape index (κ1) is 108. The van der Waals surface area contributed by atoms with Crippen molar-refractivity contribution in [3.63, 3.8) is 0 Å². The van der Waals surface area contributed by atoms with Crippen molar-refractivity contribution in [2.24, 2.45) is 0 Å². The van der Waals surface area contributed by atoms with Crippen molar-refractivity contribution in [3.8, 4) is 90.1 Å². The standard InChI is InChI=1S/C19H14NO.3C18H12NO.4C14H14N.4Ir/c1-12-6-7-14-15-4-3-5-16(19(15)21-18(14)11-12)17-10-13(2)8-9-20-17;1-12-6-4-10-16-17(12)14-8-5-7-13(18(14)20-16)15-9-2-3-11-19-15;1-12-9-10-13(15-7-4-5-11-19-15)18-17(12)14-6-2-3-8-16(14)20-18;1-12-10-14-13-6-2-3-8-17(13)20-18(14)15(11-12)16-7-4-5-9-19-16;4*1-11(2)12-6-5-7-13(10-12)14-8-3-4-9-15-14;;;;/h3-4,6-11H,1-2H3;2-6,8-11H,1H3;2-9,11H,1H3;2-10H,1H3;4*3-6,8-11H,1-2H3;;;;/q8*-1;;;;. The topological polar surface area (TPSA) is 156 Å². The van der Waals surface area contributed by atoms with Gasteiger partial charge in [-0.15, -0.1) is 213 Å². The Morgan fingerprint density at radius 1 is 0.221 bits per heavy atom. The van der Waals surface area contributed by atoms with Gasteiger partial charge in [-0.25, -0.2) is 0 Å². The number of hydrogen-bond donors (Lipinski definition) is 0. The molecule has 12 aromatic heterocycles. The molecular weight excluding hydrogens is 2490 g/mol. The van der Waals surface area contributed by atoms with E-state index in [0.29, 0.717) is 23.7 Å². The Morgan fingerprint density at radius 2 is 0.566 bits per heavy atom. The summed E-state index contributed by atoms with van der Waals surface area (Å²) in [5.74, 6) is 2.17. The van der Waals surface area contributed by atoms with Crippen LogP contribution >= 0.6 is 0 Å². The zero-order valence-electron chi connectivity index (χ0n) is 82.7. The fourth-order valence-electron chi connectivity index (χ4n) is 16.7. The van der Waals surface area contributed by atoms with E-state index in [9.17, 15) is 0 Å². The van der Waals surface area contributed by atoms with Gasteiger partial charge in [0.05, 0.1) is 22.3 Å². The maximum atomic E-state index is 6.09. The third-order valence-corrected chi connectivity index (χ3v) is 24.1. The maximum absolute atomic E-state index is 6.09. The molecule has 0 amide bonds. The smallest absolute Gasteiger partial charge is 0.121 e. The number of aromatic nitrogens is 8. The summed E-state index contributed by atoms with van der Waals surface area (Å²) in [5.41, 5.74) is 33.7. The summed E-state index contributed by atoms with van der Waals surface area (Å²) in [6.45, 7) is 27.9. The molecule has 0 unspecified atom stereocenters. The van der Waals surface area contributed by atoms with E-state index in [4.69, 9.17) is 17.7 Å². The number of pyridine rings is 8. The zero-order chi connectivity index (χ0) is 97.7. The second kappa shape index (κ2) is 51.7. The Hall–Kier alpha value is -14.4. The van der Waals surface area contributed by atoms with Gasteiger partial charge in [-0.2, -0.15) is 0 Å². The molecule has 145 heavy (non-hydrogen) atoms. The first-order valence-electron chi connectivity index (χ1n) is 47.5. The molecule has 12 heterocycles. The molecule has 0 N–H and O–H groups in total. The molecule has 0 atom stereocenters. The number of rotatable bonds is 12. The van der Waals surface area contributed by atoms with Gasteiger partial charge in [-0.3, -0.25) is 0 Å². The van der Waals surface area contributed by atoms with Crippen molar-refractivity contribution in [2.45, 2.75) is 114 Å². The van der Waals surface area contributed by atoms with Crippen molar-refractivity contribution in [1.29, 1.82) is 0 Å². The van der Waals surface area contributed by atoms with Crippen molar-refractivity contribution >= 4 is 87.8 Å². The number of hydrogen-bond acceptors (Lipinski definition) is 12. The van der Waals surface area contributed by atoms with Gasteiger partial charge in [0.1, 0.15) is 22.3 Å². The molecule has 0 aliphatic heterocycles. The Balaban J connectivity index is 0.000000139. The average Bonchev–Trinajstić information content (AvgIpc) is 1.63.